The van der Waals surface area contributed by atoms with Crippen molar-refractivity contribution in [2.24, 2.45) is 0 Å². The van der Waals surface area contributed by atoms with Crippen LogP contribution in [0.2, 0.25) is 0 Å². The smallest absolute Gasteiger partial charge is 0.167 e. The standard InChI is InChI=1S/C80H42N12S/c81-43-47-31-35-66-57(39-47)53-21-7-12-26-62(53)89(66)73-71(79-87-77(51-17-3-1-4-18-51)86-78(88-79)52-19-5-2-6-20-52)72(80-85-61-25-11-16-30-70(61)93-80)74(90-63-27-13-8-22-54(63)58-40-48(44-82)32-36-67(58)90)76(92-65-29-15-10-24-56(65)60-42-50(46-84)34-38-69(60)92)75(73)91-64-28-14-9-23-55(64)59-41-49(45-83)33-37-68(59)91/h1-42H. The van der Waals surface area contributed by atoms with Crippen molar-refractivity contribution in [2.45, 2.75) is 0 Å². The molecular formula is C80H42N12S. The van der Waals surface area contributed by atoms with E-state index in [4.69, 9.17) is 19.9 Å². The van der Waals surface area contributed by atoms with Crippen LogP contribution >= 0.6 is 11.3 Å². The Labute approximate surface area is 533 Å². The Morgan fingerprint density at radius 1 is 0.269 bits per heavy atom. The number of hydrogen-bond acceptors (Lipinski definition) is 9. The Hall–Kier alpha value is -13.3. The molecule has 18 rings (SSSR count). The van der Waals surface area contributed by atoms with E-state index in [0.717, 1.165) is 109 Å². The van der Waals surface area contributed by atoms with Crippen LogP contribution in [0.15, 0.2) is 255 Å². The van der Waals surface area contributed by atoms with Crippen LogP contribution in [-0.2, 0) is 0 Å². The van der Waals surface area contributed by atoms with Gasteiger partial charge in [0.25, 0.3) is 0 Å². The minimum absolute atomic E-state index is 0.335. The molecule has 18 aromatic rings. The number of nitriles is 4. The van der Waals surface area contributed by atoms with Gasteiger partial charge in [0, 0.05) is 54.2 Å². The van der Waals surface area contributed by atoms with Gasteiger partial charge in [-0.3, -0.25) is 0 Å². The summed E-state index contributed by atoms with van der Waals surface area (Å²) in [5.74, 6) is 1.21. The first-order valence-corrected chi connectivity index (χ1v) is 31.0. The largest absolute Gasteiger partial charge is 0.306 e. The van der Waals surface area contributed by atoms with Crippen LogP contribution < -0.4 is 0 Å². The number of rotatable bonds is 8. The second-order valence-electron chi connectivity index (χ2n) is 23.0. The van der Waals surface area contributed by atoms with Gasteiger partial charge in [0.05, 0.1) is 135 Å². The highest BCUT2D eigenvalue weighted by molar-refractivity contribution is 7.21. The highest BCUT2D eigenvalue weighted by Crippen LogP contribution is 2.55. The normalized spacial score (nSPS) is 11.6. The van der Waals surface area contributed by atoms with E-state index in [9.17, 15) is 21.0 Å². The molecule has 0 aliphatic heterocycles. The molecule has 12 nitrogen and oxygen atoms in total. The number of thiazole rings is 1. The highest BCUT2D eigenvalue weighted by Gasteiger charge is 2.38. The van der Waals surface area contributed by atoms with Crippen molar-refractivity contribution < 1.29 is 0 Å². The zero-order chi connectivity index (χ0) is 62.0. The van der Waals surface area contributed by atoms with Crippen LogP contribution in [0.4, 0.5) is 0 Å². The summed E-state index contributed by atoms with van der Waals surface area (Å²) >= 11 is 1.57. The van der Waals surface area contributed by atoms with Crippen molar-refractivity contribution in [1.82, 2.24) is 38.2 Å². The number of fused-ring (bicyclic) bond motifs is 13. The highest BCUT2D eigenvalue weighted by atomic mass is 32.1. The topological polar surface area (TPSA) is 166 Å². The molecule has 0 spiro atoms. The van der Waals surface area contributed by atoms with Crippen molar-refractivity contribution in [3.8, 4) is 91.8 Å². The van der Waals surface area contributed by atoms with E-state index in [2.05, 4.69) is 121 Å². The summed E-state index contributed by atoms with van der Waals surface area (Å²) in [6.07, 6.45) is 0. The van der Waals surface area contributed by atoms with Gasteiger partial charge in [-0.25, -0.2) is 19.9 Å². The fourth-order valence-corrected chi connectivity index (χ4v) is 15.0. The van der Waals surface area contributed by atoms with Crippen molar-refractivity contribution in [3.63, 3.8) is 0 Å². The third kappa shape index (κ3) is 7.93. The van der Waals surface area contributed by atoms with Crippen molar-refractivity contribution in [2.75, 3.05) is 0 Å². The van der Waals surface area contributed by atoms with E-state index in [-0.39, 0.29) is 0 Å². The first kappa shape index (κ1) is 52.8. The molecule has 0 fully saturated rings. The fourth-order valence-electron chi connectivity index (χ4n) is 14.0. The molecule has 0 amide bonds. The van der Waals surface area contributed by atoms with Crippen LogP contribution in [0.1, 0.15) is 22.3 Å². The molecule has 0 N–H and O–H groups in total. The predicted octanol–water partition coefficient (Wildman–Crippen LogP) is 19.0. The van der Waals surface area contributed by atoms with Gasteiger partial charge in [0.1, 0.15) is 5.01 Å². The lowest BCUT2D eigenvalue weighted by Crippen LogP contribution is -2.17. The van der Waals surface area contributed by atoms with Gasteiger partial charge in [0.15, 0.2) is 17.5 Å². The van der Waals surface area contributed by atoms with Gasteiger partial charge in [-0.05, 0) is 109 Å². The van der Waals surface area contributed by atoms with Gasteiger partial charge in [-0.1, -0.05) is 146 Å². The molecule has 428 valence electrons. The summed E-state index contributed by atoms with van der Waals surface area (Å²) in [6.45, 7) is 0. The maximum absolute atomic E-state index is 10.8. The van der Waals surface area contributed by atoms with Gasteiger partial charge >= 0.3 is 0 Å². The minimum atomic E-state index is 0.335. The molecule has 0 atom stereocenters. The number of aromatic nitrogens is 8. The number of nitrogens with zero attached hydrogens (tertiary/aromatic N) is 12. The SMILES string of the molecule is N#Cc1ccc2c(c1)c1ccccc1n2-c1c(-c2nc(-c3ccccc3)nc(-c3ccccc3)n2)c(-c2nc3ccccc3s2)c(-n2c3ccccc3c3cc(C#N)ccc32)c(-n2c3ccccc3c3cc(C#N)ccc32)c1-n1c2ccccc2c2cc(C#N)ccc21. The quantitative estimate of drug-likeness (QED) is 0.145. The first-order valence-electron chi connectivity index (χ1n) is 30.2. The van der Waals surface area contributed by atoms with E-state index < -0.39 is 0 Å². The molecule has 6 heterocycles. The third-order valence-electron chi connectivity index (χ3n) is 17.9. The Balaban J connectivity index is 1.23. The summed E-state index contributed by atoms with van der Waals surface area (Å²) < 4.78 is 10.3. The molecular weight excluding hydrogens is 1160 g/mol. The number of benzene rings is 12. The Bertz CT molecular complexity index is 6340. The van der Waals surface area contributed by atoms with E-state index in [1.807, 2.05) is 176 Å². The van der Waals surface area contributed by atoms with Crippen LogP contribution in [-0.4, -0.2) is 38.2 Å². The monoisotopic (exact) mass is 1200 g/mol. The maximum Gasteiger partial charge on any atom is 0.167 e. The fraction of sp³-hybridized carbons (Fsp3) is 0. The molecule has 6 aromatic heterocycles. The Kier molecular flexibility index (Phi) is 11.7. The van der Waals surface area contributed by atoms with Crippen LogP contribution in [0.25, 0.3) is 165 Å². The summed E-state index contributed by atoms with van der Waals surface area (Å²) in [4.78, 5) is 22.8. The molecule has 0 saturated heterocycles. The average molecular weight is 1200 g/mol. The summed E-state index contributed by atoms with van der Waals surface area (Å²) in [7, 11) is 0. The summed E-state index contributed by atoms with van der Waals surface area (Å²) in [6, 6.07) is 95.0. The van der Waals surface area contributed by atoms with Crippen LogP contribution in [0.3, 0.4) is 0 Å². The van der Waals surface area contributed by atoms with Crippen molar-refractivity contribution >= 4 is 109 Å². The lowest BCUT2D eigenvalue weighted by atomic mass is 9.96. The van der Waals surface area contributed by atoms with Crippen LogP contribution in [0.5, 0.6) is 0 Å². The van der Waals surface area contributed by atoms with Gasteiger partial charge in [-0.15, -0.1) is 11.3 Å². The van der Waals surface area contributed by atoms with Crippen molar-refractivity contribution in [1.29, 1.82) is 21.0 Å². The molecule has 0 aliphatic rings. The Morgan fingerprint density at radius 3 is 0.957 bits per heavy atom. The zero-order valence-electron chi connectivity index (χ0n) is 49.0. The second kappa shape index (κ2) is 20.6. The maximum atomic E-state index is 10.8. The van der Waals surface area contributed by atoms with E-state index in [1.165, 1.54) is 0 Å². The van der Waals surface area contributed by atoms with Gasteiger partial charge < -0.3 is 18.3 Å². The number of hydrogen-bond donors (Lipinski definition) is 0. The van der Waals surface area contributed by atoms with Crippen molar-refractivity contribution in [3.05, 3.63) is 277 Å². The molecule has 93 heavy (non-hydrogen) atoms. The Morgan fingerprint density at radius 2 is 0.581 bits per heavy atom. The van der Waals surface area contributed by atoms with E-state index in [1.54, 1.807) is 11.3 Å². The van der Waals surface area contributed by atoms with Gasteiger partial charge in [-0.2, -0.15) is 21.0 Å². The number of para-hydroxylation sites is 5. The lowest BCUT2D eigenvalue weighted by molar-refractivity contribution is 1.01. The minimum Gasteiger partial charge on any atom is -0.306 e. The molecule has 0 unspecified atom stereocenters. The first-order chi connectivity index (χ1) is 46.0. The average Bonchev–Trinajstić information content (AvgIpc) is 1.60. The van der Waals surface area contributed by atoms with E-state index in [0.29, 0.717) is 78.6 Å². The van der Waals surface area contributed by atoms with E-state index >= 15 is 0 Å². The zero-order valence-corrected chi connectivity index (χ0v) is 49.8. The molecule has 12 aromatic carbocycles. The second-order valence-corrected chi connectivity index (χ2v) is 24.0. The molecule has 0 aliphatic carbocycles. The molecule has 0 bridgehead atoms. The predicted molar refractivity (Wildman–Crippen MR) is 371 cm³/mol. The summed E-state index contributed by atoms with van der Waals surface area (Å²) in [5.41, 5.74) is 14.9. The third-order valence-corrected chi connectivity index (χ3v) is 19.0. The lowest BCUT2D eigenvalue weighted by Gasteiger charge is -2.30. The van der Waals surface area contributed by atoms with Gasteiger partial charge in [0.2, 0.25) is 0 Å². The molecule has 0 radical (unpaired) electrons. The molecule has 13 heteroatoms. The van der Waals surface area contributed by atoms with Crippen LogP contribution in [0, 0.1) is 45.3 Å². The summed E-state index contributed by atoms with van der Waals surface area (Å²) in [5, 5.41) is 50.7. The molecule has 0 saturated carbocycles.